The second-order valence-electron chi connectivity index (χ2n) is 5.43. The number of amides is 1. The van der Waals surface area contributed by atoms with E-state index in [2.05, 4.69) is 17.6 Å². The summed E-state index contributed by atoms with van der Waals surface area (Å²) in [5, 5.41) is 6.59. The molecule has 0 spiro atoms. The Morgan fingerprint density at radius 3 is 2.65 bits per heavy atom. The lowest BCUT2D eigenvalue weighted by Crippen LogP contribution is -2.43. The number of rotatable bonds is 3. The van der Waals surface area contributed by atoms with E-state index in [1.807, 2.05) is 0 Å². The van der Waals surface area contributed by atoms with Crippen molar-refractivity contribution in [3.63, 3.8) is 0 Å². The minimum atomic E-state index is 0. The van der Waals surface area contributed by atoms with Gasteiger partial charge in [-0.3, -0.25) is 4.79 Å². The lowest BCUT2D eigenvalue weighted by atomic mass is 9.86. The highest BCUT2D eigenvalue weighted by Crippen LogP contribution is 2.23. The molecule has 1 heterocycles. The van der Waals surface area contributed by atoms with Crippen LogP contribution >= 0.6 is 12.4 Å². The number of nitrogens with one attached hydrogen (secondary N) is 2. The lowest BCUT2D eigenvalue weighted by Gasteiger charge is -2.29. The molecule has 1 aliphatic heterocycles. The topological polar surface area (TPSA) is 41.1 Å². The van der Waals surface area contributed by atoms with Gasteiger partial charge in [0.05, 0.1) is 0 Å². The number of hydrogen-bond donors (Lipinski definition) is 2. The van der Waals surface area contributed by atoms with Gasteiger partial charge >= 0.3 is 0 Å². The van der Waals surface area contributed by atoms with E-state index >= 15 is 0 Å². The molecule has 17 heavy (non-hydrogen) atoms. The predicted octanol–water partition coefficient (Wildman–Crippen LogP) is 2.25. The fraction of sp³-hybridized carbons (Fsp3) is 0.923. The summed E-state index contributed by atoms with van der Waals surface area (Å²) in [7, 11) is 0. The maximum atomic E-state index is 11.9. The van der Waals surface area contributed by atoms with Gasteiger partial charge in [-0.2, -0.15) is 0 Å². The Balaban J connectivity index is 0.00000144. The van der Waals surface area contributed by atoms with Gasteiger partial charge in [-0.15, -0.1) is 12.4 Å². The van der Waals surface area contributed by atoms with E-state index in [0.29, 0.717) is 24.4 Å². The molecular weight excluding hydrogens is 236 g/mol. The summed E-state index contributed by atoms with van der Waals surface area (Å²) in [5.74, 6) is 0.910. The molecule has 0 aromatic rings. The molecule has 0 radical (unpaired) electrons. The number of halogens is 1. The Morgan fingerprint density at radius 2 is 2.00 bits per heavy atom. The van der Waals surface area contributed by atoms with Crippen molar-refractivity contribution >= 4 is 18.3 Å². The van der Waals surface area contributed by atoms with Gasteiger partial charge in [0.15, 0.2) is 0 Å². The SMILES string of the molecule is CC1CCCCC1NC(=O)CC1CCCN1.Cl. The summed E-state index contributed by atoms with van der Waals surface area (Å²) in [6.07, 6.45) is 8.10. The van der Waals surface area contributed by atoms with Gasteiger partial charge in [-0.05, 0) is 38.1 Å². The Morgan fingerprint density at radius 1 is 1.24 bits per heavy atom. The maximum Gasteiger partial charge on any atom is 0.221 e. The molecule has 1 saturated carbocycles. The first-order valence-corrected chi connectivity index (χ1v) is 6.78. The van der Waals surface area contributed by atoms with Gasteiger partial charge < -0.3 is 10.6 Å². The average molecular weight is 261 g/mol. The van der Waals surface area contributed by atoms with Crippen LogP contribution in [0, 0.1) is 5.92 Å². The summed E-state index contributed by atoms with van der Waals surface area (Å²) in [6, 6.07) is 0.863. The quantitative estimate of drug-likeness (QED) is 0.817. The first-order chi connectivity index (χ1) is 7.75. The molecule has 0 aromatic carbocycles. The van der Waals surface area contributed by atoms with Crippen LogP contribution in [0.1, 0.15) is 51.9 Å². The monoisotopic (exact) mass is 260 g/mol. The molecule has 3 atom stereocenters. The van der Waals surface area contributed by atoms with Gasteiger partial charge in [0.1, 0.15) is 0 Å². The fourth-order valence-corrected chi connectivity index (χ4v) is 2.95. The highest BCUT2D eigenvalue weighted by Gasteiger charge is 2.24. The third-order valence-corrected chi connectivity index (χ3v) is 4.05. The van der Waals surface area contributed by atoms with Crippen LogP contribution in [0.5, 0.6) is 0 Å². The molecule has 4 heteroatoms. The zero-order chi connectivity index (χ0) is 11.4. The minimum absolute atomic E-state index is 0. The van der Waals surface area contributed by atoms with Crippen molar-refractivity contribution in [2.75, 3.05) is 6.54 Å². The van der Waals surface area contributed by atoms with Crippen LogP contribution in [0.15, 0.2) is 0 Å². The standard InChI is InChI=1S/C13H24N2O.ClH/c1-10-5-2-3-7-12(10)15-13(16)9-11-6-4-8-14-11;/h10-12,14H,2-9H2,1H3,(H,15,16);1H. The summed E-state index contributed by atoms with van der Waals surface area (Å²) in [4.78, 5) is 11.9. The maximum absolute atomic E-state index is 11.9. The Kier molecular flexibility index (Phi) is 6.28. The highest BCUT2D eigenvalue weighted by atomic mass is 35.5. The molecular formula is C13H25ClN2O. The molecule has 2 aliphatic rings. The van der Waals surface area contributed by atoms with Crippen LogP contribution in [0.3, 0.4) is 0 Å². The number of hydrogen-bond acceptors (Lipinski definition) is 2. The number of carbonyl (C=O) groups excluding carboxylic acids is 1. The zero-order valence-electron chi connectivity index (χ0n) is 10.7. The van der Waals surface area contributed by atoms with Gasteiger partial charge in [0.2, 0.25) is 5.91 Å². The van der Waals surface area contributed by atoms with E-state index in [9.17, 15) is 4.79 Å². The smallest absolute Gasteiger partial charge is 0.221 e. The van der Waals surface area contributed by atoms with E-state index in [1.54, 1.807) is 0 Å². The van der Waals surface area contributed by atoms with Gasteiger partial charge in [-0.25, -0.2) is 0 Å². The van der Waals surface area contributed by atoms with Crippen LogP contribution < -0.4 is 10.6 Å². The molecule has 2 fully saturated rings. The molecule has 3 nitrogen and oxygen atoms in total. The molecule has 1 aliphatic carbocycles. The molecule has 2 N–H and O–H groups in total. The Labute approximate surface area is 111 Å². The van der Waals surface area contributed by atoms with Crippen molar-refractivity contribution in [3.8, 4) is 0 Å². The lowest BCUT2D eigenvalue weighted by molar-refractivity contribution is -0.122. The fourth-order valence-electron chi connectivity index (χ4n) is 2.95. The third-order valence-electron chi connectivity index (χ3n) is 4.05. The van der Waals surface area contributed by atoms with Gasteiger partial charge in [-0.1, -0.05) is 19.8 Å². The summed E-state index contributed by atoms with van der Waals surface area (Å²) in [5.41, 5.74) is 0. The predicted molar refractivity (Wildman–Crippen MR) is 72.5 cm³/mol. The van der Waals surface area contributed by atoms with Crippen LogP contribution in [-0.2, 0) is 4.79 Å². The van der Waals surface area contributed by atoms with E-state index < -0.39 is 0 Å². The summed E-state index contributed by atoms with van der Waals surface area (Å²) < 4.78 is 0. The van der Waals surface area contributed by atoms with Crippen molar-refractivity contribution in [1.29, 1.82) is 0 Å². The molecule has 0 aromatic heterocycles. The van der Waals surface area contributed by atoms with E-state index in [1.165, 1.54) is 32.1 Å². The van der Waals surface area contributed by atoms with Crippen LogP contribution in [0.25, 0.3) is 0 Å². The van der Waals surface area contributed by atoms with Crippen molar-refractivity contribution in [3.05, 3.63) is 0 Å². The molecule has 2 rings (SSSR count). The largest absolute Gasteiger partial charge is 0.353 e. The molecule has 1 amide bonds. The zero-order valence-corrected chi connectivity index (χ0v) is 11.5. The Hall–Kier alpha value is -0.280. The first-order valence-electron chi connectivity index (χ1n) is 6.78. The Bertz CT molecular complexity index is 242. The number of carbonyl (C=O) groups is 1. The van der Waals surface area contributed by atoms with E-state index in [4.69, 9.17) is 0 Å². The average Bonchev–Trinajstić information content (AvgIpc) is 2.74. The van der Waals surface area contributed by atoms with Crippen LogP contribution in [0.2, 0.25) is 0 Å². The summed E-state index contributed by atoms with van der Waals surface area (Å²) >= 11 is 0. The van der Waals surface area contributed by atoms with Crippen LogP contribution in [-0.4, -0.2) is 24.5 Å². The molecule has 0 bridgehead atoms. The van der Waals surface area contributed by atoms with E-state index in [-0.39, 0.29) is 18.3 Å². The van der Waals surface area contributed by atoms with Gasteiger partial charge in [0, 0.05) is 18.5 Å². The van der Waals surface area contributed by atoms with Crippen molar-refractivity contribution < 1.29 is 4.79 Å². The van der Waals surface area contributed by atoms with Gasteiger partial charge in [0.25, 0.3) is 0 Å². The van der Waals surface area contributed by atoms with E-state index in [0.717, 1.165) is 13.0 Å². The van der Waals surface area contributed by atoms with Crippen molar-refractivity contribution in [2.45, 2.75) is 64.0 Å². The van der Waals surface area contributed by atoms with Crippen molar-refractivity contribution in [1.82, 2.24) is 10.6 Å². The molecule has 3 unspecified atom stereocenters. The summed E-state index contributed by atoms with van der Waals surface area (Å²) in [6.45, 7) is 3.34. The second-order valence-corrected chi connectivity index (χ2v) is 5.43. The third kappa shape index (κ3) is 4.47. The molecule has 1 saturated heterocycles. The first kappa shape index (κ1) is 14.8. The molecule has 100 valence electrons. The van der Waals surface area contributed by atoms with Crippen LogP contribution in [0.4, 0.5) is 0 Å². The second kappa shape index (κ2) is 7.22. The minimum Gasteiger partial charge on any atom is -0.353 e. The van der Waals surface area contributed by atoms with Crippen molar-refractivity contribution in [2.24, 2.45) is 5.92 Å². The normalized spacial score (nSPS) is 32.9. The highest BCUT2D eigenvalue weighted by molar-refractivity contribution is 5.85.